The zero-order valence-electron chi connectivity index (χ0n) is 20.0. The Balaban J connectivity index is 1.78. The van der Waals surface area contributed by atoms with Gasteiger partial charge < -0.3 is 4.57 Å². The van der Waals surface area contributed by atoms with Gasteiger partial charge in [0.25, 0.3) is 0 Å². The molecule has 1 saturated carbocycles. The highest BCUT2D eigenvalue weighted by atomic mass is 35.5. The second-order valence-corrected chi connectivity index (χ2v) is 10.2. The van der Waals surface area contributed by atoms with Gasteiger partial charge in [0.2, 0.25) is 5.82 Å². The molecule has 0 amide bonds. The fourth-order valence-electron chi connectivity index (χ4n) is 5.16. The van der Waals surface area contributed by atoms with Crippen LogP contribution in [0.1, 0.15) is 56.7 Å². The Morgan fingerprint density at radius 3 is 2.67 bits per heavy atom. The number of hydrogen-bond donors (Lipinski definition) is 0. The third-order valence-electron chi connectivity index (χ3n) is 7.08. The van der Waals surface area contributed by atoms with Crippen molar-refractivity contribution in [1.82, 2.24) is 24.5 Å². The van der Waals surface area contributed by atoms with Crippen molar-refractivity contribution in [1.29, 1.82) is 5.26 Å². The molecule has 9 heteroatoms. The van der Waals surface area contributed by atoms with Gasteiger partial charge in [-0.1, -0.05) is 31.4 Å². The van der Waals surface area contributed by atoms with Crippen LogP contribution in [0.5, 0.6) is 0 Å². The molecule has 0 saturated heterocycles. The maximum Gasteiger partial charge on any atom is 0.233 e. The number of nitrogens with zero attached hydrogens (tertiary/aromatic N) is 6. The van der Waals surface area contributed by atoms with Crippen LogP contribution in [0.15, 0.2) is 42.9 Å². The molecule has 6 nitrogen and oxygen atoms in total. The molecule has 1 fully saturated rings. The van der Waals surface area contributed by atoms with Crippen molar-refractivity contribution in [2.75, 3.05) is 0 Å². The van der Waals surface area contributed by atoms with Gasteiger partial charge in [-0.15, -0.1) is 0 Å². The molecular weight excluding hydrogens is 482 g/mol. The van der Waals surface area contributed by atoms with Gasteiger partial charge in [-0.25, -0.2) is 18.7 Å². The standard InChI is InChI=1S/C27H25ClF2N6/c1-16-5-7-17(8-6-16)15-36-22(27(2,30)26-20(29)4-3-9-33-26)11-21-25(36)24(35-23(12-31)34-21)18-10-19(28)14-32-13-18/h3-4,9-11,13-14,16-17H,5-8,15H2,1-2H3/t16-,17-,27?. The van der Waals surface area contributed by atoms with Crippen molar-refractivity contribution in [2.45, 2.75) is 51.7 Å². The molecule has 0 aromatic carbocycles. The van der Waals surface area contributed by atoms with E-state index < -0.39 is 11.5 Å². The summed E-state index contributed by atoms with van der Waals surface area (Å²) >= 11 is 6.22. The minimum Gasteiger partial charge on any atom is -0.338 e. The molecule has 1 aliphatic carbocycles. The number of hydrogen-bond acceptors (Lipinski definition) is 5. The minimum atomic E-state index is -2.26. The van der Waals surface area contributed by atoms with Crippen LogP contribution >= 0.6 is 11.6 Å². The molecule has 4 aromatic heterocycles. The van der Waals surface area contributed by atoms with Gasteiger partial charge in [0.15, 0.2) is 5.67 Å². The van der Waals surface area contributed by atoms with Crippen LogP contribution in [0.2, 0.25) is 5.02 Å². The highest BCUT2D eigenvalue weighted by Crippen LogP contribution is 2.41. The Morgan fingerprint density at radius 1 is 1.19 bits per heavy atom. The predicted octanol–water partition coefficient (Wildman–Crippen LogP) is 6.61. The van der Waals surface area contributed by atoms with Crippen molar-refractivity contribution in [3.05, 3.63) is 70.9 Å². The first-order valence-electron chi connectivity index (χ1n) is 12.0. The molecule has 0 aliphatic heterocycles. The van der Waals surface area contributed by atoms with Crippen LogP contribution in [0.3, 0.4) is 0 Å². The summed E-state index contributed by atoms with van der Waals surface area (Å²) in [6, 6.07) is 7.90. The molecule has 0 spiro atoms. The van der Waals surface area contributed by atoms with E-state index in [0.29, 0.717) is 45.7 Å². The van der Waals surface area contributed by atoms with Crippen LogP contribution in [-0.2, 0) is 12.2 Å². The highest BCUT2D eigenvalue weighted by Gasteiger charge is 2.38. The van der Waals surface area contributed by atoms with E-state index in [2.05, 4.69) is 26.9 Å². The first kappa shape index (κ1) is 24.3. The number of halogens is 3. The normalized spacial score (nSPS) is 19.7. The number of alkyl halides is 1. The molecule has 0 N–H and O–H groups in total. The van der Waals surface area contributed by atoms with Crippen LogP contribution in [0, 0.1) is 29.0 Å². The average Bonchev–Trinajstić information content (AvgIpc) is 3.24. The molecule has 4 aromatic rings. The maximum absolute atomic E-state index is 16.6. The first-order chi connectivity index (χ1) is 17.3. The molecule has 36 heavy (non-hydrogen) atoms. The number of fused-ring (bicyclic) bond motifs is 1. The molecule has 1 atom stereocenters. The molecule has 5 rings (SSSR count). The Morgan fingerprint density at radius 2 is 1.97 bits per heavy atom. The maximum atomic E-state index is 16.6. The summed E-state index contributed by atoms with van der Waals surface area (Å²) in [6.07, 6.45) is 8.69. The van der Waals surface area contributed by atoms with E-state index in [1.165, 1.54) is 31.5 Å². The van der Waals surface area contributed by atoms with E-state index in [0.717, 1.165) is 25.7 Å². The molecule has 1 aliphatic rings. The van der Waals surface area contributed by atoms with Gasteiger partial charge in [0, 0.05) is 30.7 Å². The summed E-state index contributed by atoms with van der Waals surface area (Å²) in [5.74, 6) is 0.179. The van der Waals surface area contributed by atoms with Crippen LogP contribution < -0.4 is 0 Å². The van der Waals surface area contributed by atoms with Gasteiger partial charge in [-0.3, -0.25) is 9.97 Å². The number of aromatic nitrogens is 5. The molecule has 0 radical (unpaired) electrons. The second kappa shape index (κ2) is 9.55. The topological polar surface area (TPSA) is 80.3 Å². The fraction of sp³-hybridized carbons (Fsp3) is 0.370. The largest absolute Gasteiger partial charge is 0.338 e. The van der Waals surface area contributed by atoms with Crippen LogP contribution in [0.4, 0.5) is 8.78 Å². The van der Waals surface area contributed by atoms with Crippen molar-refractivity contribution >= 4 is 22.6 Å². The lowest BCUT2D eigenvalue weighted by atomic mass is 9.83. The summed E-state index contributed by atoms with van der Waals surface area (Å²) in [4.78, 5) is 17.1. The van der Waals surface area contributed by atoms with E-state index >= 15 is 4.39 Å². The fourth-order valence-corrected chi connectivity index (χ4v) is 5.33. The second-order valence-electron chi connectivity index (χ2n) is 9.74. The molecule has 4 heterocycles. The third-order valence-corrected chi connectivity index (χ3v) is 7.29. The Bertz CT molecular complexity index is 1470. The van der Waals surface area contributed by atoms with Crippen molar-refractivity contribution in [2.24, 2.45) is 11.8 Å². The first-order valence-corrected chi connectivity index (χ1v) is 12.4. The monoisotopic (exact) mass is 506 g/mol. The van der Waals surface area contributed by atoms with Crippen LogP contribution in [0.25, 0.3) is 22.3 Å². The van der Waals surface area contributed by atoms with Gasteiger partial charge >= 0.3 is 0 Å². The minimum absolute atomic E-state index is 0.0581. The van der Waals surface area contributed by atoms with Gasteiger partial charge in [-0.05, 0) is 55.9 Å². The average molecular weight is 507 g/mol. The zero-order valence-corrected chi connectivity index (χ0v) is 20.8. The van der Waals surface area contributed by atoms with Gasteiger partial charge in [0.1, 0.15) is 23.3 Å². The Hall–Kier alpha value is -3.44. The molecule has 184 valence electrons. The quantitative estimate of drug-likeness (QED) is 0.304. The number of rotatable bonds is 5. The van der Waals surface area contributed by atoms with Crippen molar-refractivity contribution < 1.29 is 8.78 Å². The lowest BCUT2D eigenvalue weighted by Crippen LogP contribution is -2.27. The van der Waals surface area contributed by atoms with Gasteiger partial charge in [0.05, 0.1) is 21.7 Å². The summed E-state index contributed by atoms with van der Waals surface area (Å²) in [6.45, 7) is 4.07. The van der Waals surface area contributed by atoms with Crippen molar-refractivity contribution in [3.63, 3.8) is 0 Å². The molecule has 1 unspecified atom stereocenters. The van der Waals surface area contributed by atoms with E-state index in [-0.39, 0.29) is 17.2 Å². The molecular formula is C27H25ClF2N6. The SMILES string of the molecule is CC(F)(c1ncccc1F)c1cc2nc(C#N)nc(-c3cncc(Cl)c3)c2n1C[C@H]1CC[C@H](C)CC1. The summed E-state index contributed by atoms with van der Waals surface area (Å²) in [5, 5.41) is 10.0. The summed E-state index contributed by atoms with van der Waals surface area (Å²) in [5.41, 5.74) is -0.369. The van der Waals surface area contributed by atoms with E-state index in [1.54, 1.807) is 18.3 Å². The lowest BCUT2D eigenvalue weighted by molar-refractivity contribution is 0.209. The summed E-state index contributed by atoms with van der Waals surface area (Å²) < 4.78 is 33.3. The van der Waals surface area contributed by atoms with Gasteiger partial charge in [-0.2, -0.15) is 5.26 Å². The predicted molar refractivity (Wildman–Crippen MR) is 133 cm³/mol. The lowest BCUT2D eigenvalue weighted by Gasteiger charge is -2.29. The van der Waals surface area contributed by atoms with Crippen molar-refractivity contribution in [3.8, 4) is 17.3 Å². The summed E-state index contributed by atoms with van der Waals surface area (Å²) in [7, 11) is 0. The third kappa shape index (κ3) is 4.44. The van der Waals surface area contributed by atoms with Crippen LogP contribution in [-0.4, -0.2) is 24.5 Å². The number of nitriles is 1. The highest BCUT2D eigenvalue weighted by molar-refractivity contribution is 6.30. The zero-order chi connectivity index (χ0) is 25.4. The Labute approximate surface area is 213 Å². The number of pyridine rings is 2. The van der Waals surface area contributed by atoms with E-state index in [1.807, 2.05) is 10.6 Å². The van der Waals surface area contributed by atoms with E-state index in [4.69, 9.17) is 11.6 Å². The Kier molecular flexibility index (Phi) is 6.44. The molecule has 0 bridgehead atoms. The smallest absolute Gasteiger partial charge is 0.233 e. The van der Waals surface area contributed by atoms with E-state index in [9.17, 15) is 9.65 Å².